The van der Waals surface area contributed by atoms with E-state index in [9.17, 15) is 9.59 Å². The summed E-state index contributed by atoms with van der Waals surface area (Å²) in [5.41, 5.74) is 6.46. The lowest BCUT2D eigenvalue weighted by molar-refractivity contribution is -0.147. The molecule has 2 aliphatic rings. The van der Waals surface area contributed by atoms with Crippen LogP contribution in [0.1, 0.15) is 41.0 Å². The molecule has 5 rings (SSSR count). The number of amides is 1. The van der Waals surface area contributed by atoms with Crippen LogP contribution in [0.4, 0.5) is 4.79 Å². The van der Waals surface area contributed by atoms with Gasteiger partial charge in [0, 0.05) is 24.0 Å². The Kier molecular flexibility index (Phi) is 8.50. The third-order valence-corrected chi connectivity index (χ3v) is 7.36. The summed E-state index contributed by atoms with van der Waals surface area (Å²) in [5, 5.41) is 2.75. The van der Waals surface area contributed by atoms with Crippen LogP contribution in [-0.4, -0.2) is 38.9 Å². The van der Waals surface area contributed by atoms with Gasteiger partial charge in [-0.2, -0.15) is 0 Å². The minimum atomic E-state index is -0.928. The number of carbonyl (C=O) groups excluding carboxylic acids is 2. The molecule has 7 nitrogen and oxygen atoms in total. The van der Waals surface area contributed by atoms with Gasteiger partial charge in [0.2, 0.25) is 0 Å². The molecule has 3 aromatic rings. The van der Waals surface area contributed by atoms with Gasteiger partial charge in [0.1, 0.15) is 30.8 Å². The average Bonchev–Trinajstić information content (AvgIpc) is 3.32. The summed E-state index contributed by atoms with van der Waals surface area (Å²) in [7, 11) is 3.11. The normalized spacial score (nSPS) is 16.0. The second-order valence-corrected chi connectivity index (χ2v) is 9.79. The van der Waals surface area contributed by atoms with Gasteiger partial charge in [-0.15, -0.1) is 0 Å². The maximum absolute atomic E-state index is 13.2. The van der Waals surface area contributed by atoms with E-state index >= 15 is 0 Å². The zero-order chi connectivity index (χ0) is 27.9. The summed E-state index contributed by atoms with van der Waals surface area (Å²) >= 11 is 0. The summed E-state index contributed by atoms with van der Waals surface area (Å²) in [4.78, 5) is 26.2. The first-order valence-corrected chi connectivity index (χ1v) is 13.4. The Morgan fingerprint density at radius 1 is 0.950 bits per heavy atom. The third kappa shape index (κ3) is 6.04. The maximum Gasteiger partial charge on any atom is 0.407 e. The molecule has 1 N–H and O–H groups in total. The Balaban J connectivity index is 1.26. The van der Waals surface area contributed by atoms with Gasteiger partial charge >= 0.3 is 12.1 Å². The molecule has 0 saturated carbocycles. The number of allylic oxidation sites excluding steroid dienone is 3. The average molecular weight is 540 g/mol. The molecular weight excluding hydrogens is 506 g/mol. The summed E-state index contributed by atoms with van der Waals surface area (Å²) in [6.07, 6.45) is 5.88. The van der Waals surface area contributed by atoms with Crippen molar-refractivity contribution in [2.24, 2.45) is 0 Å². The van der Waals surface area contributed by atoms with Gasteiger partial charge in [-0.25, -0.2) is 9.59 Å². The number of esters is 1. The van der Waals surface area contributed by atoms with Gasteiger partial charge in [-0.3, -0.25) is 0 Å². The number of nitrogens with one attached hydrogen (secondary N) is 1. The van der Waals surface area contributed by atoms with Crippen molar-refractivity contribution >= 4 is 17.6 Å². The van der Waals surface area contributed by atoms with Crippen LogP contribution in [0, 0.1) is 0 Å². The van der Waals surface area contributed by atoms with E-state index in [0.29, 0.717) is 17.1 Å². The Morgan fingerprint density at radius 3 is 2.55 bits per heavy atom. The highest BCUT2D eigenvalue weighted by molar-refractivity contribution is 5.85. The molecule has 0 radical (unpaired) electrons. The minimum Gasteiger partial charge on any atom is -0.497 e. The smallest absolute Gasteiger partial charge is 0.407 e. The molecule has 0 heterocycles. The molecule has 40 heavy (non-hydrogen) atoms. The lowest BCUT2D eigenvalue weighted by atomic mass is 9.91. The Morgan fingerprint density at radius 2 is 1.75 bits per heavy atom. The van der Waals surface area contributed by atoms with Gasteiger partial charge in [0.15, 0.2) is 0 Å². The first-order valence-electron chi connectivity index (χ1n) is 13.4. The van der Waals surface area contributed by atoms with Crippen LogP contribution in [0.3, 0.4) is 0 Å². The molecule has 7 heteroatoms. The highest BCUT2D eigenvalue weighted by Crippen LogP contribution is 2.46. The minimum absolute atomic E-state index is 0.00367. The van der Waals surface area contributed by atoms with Crippen LogP contribution in [0.2, 0.25) is 0 Å². The Hall–Kier alpha value is -4.52. The largest absolute Gasteiger partial charge is 0.497 e. The topological polar surface area (TPSA) is 83.1 Å². The number of methoxy groups -OCH3 is 2. The highest BCUT2D eigenvalue weighted by Gasteiger charge is 2.32. The van der Waals surface area contributed by atoms with Gasteiger partial charge in [-0.05, 0) is 47.2 Å². The molecule has 0 bridgehead atoms. The number of fused-ring (bicyclic) bond motifs is 2. The molecule has 0 aromatic heterocycles. The van der Waals surface area contributed by atoms with Crippen molar-refractivity contribution in [3.63, 3.8) is 0 Å². The van der Waals surface area contributed by atoms with E-state index in [1.807, 2.05) is 42.5 Å². The van der Waals surface area contributed by atoms with Crippen molar-refractivity contribution < 1.29 is 28.5 Å². The Bertz CT molecular complexity index is 1430. The van der Waals surface area contributed by atoms with Crippen molar-refractivity contribution in [1.29, 1.82) is 0 Å². The zero-order valence-electron chi connectivity index (χ0n) is 22.7. The van der Waals surface area contributed by atoms with E-state index in [2.05, 4.69) is 29.6 Å². The molecule has 0 aliphatic heterocycles. The second kappa shape index (κ2) is 12.6. The summed E-state index contributed by atoms with van der Waals surface area (Å²) in [5.74, 6) is 0.619. The third-order valence-electron chi connectivity index (χ3n) is 7.36. The number of alkyl carbamates (subject to hydrolysis) is 1. The molecule has 1 unspecified atom stereocenters. The van der Waals surface area contributed by atoms with Crippen LogP contribution in [0.15, 0.2) is 90.5 Å². The molecule has 0 spiro atoms. The van der Waals surface area contributed by atoms with Crippen molar-refractivity contribution in [1.82, 2.24) is 5.32 Å². The molecule has 2 aliphatic carbocycles. The zero-order valence-corrected chi connectivity index (χ0v) is 22.7. The van der Waals surface area contributed by atoms with Crippen LogP contribution in [0.25, 0.3) is 5.57 Å². The highest BCUT2D eigenvalue weighted by atomic mass is 16.6. The standard InChI is InChI=1S/C33H33NO6/c1-37-24-17-16-23(31(19-24)38-2)20-39-32(35)30(18-22-10-4-3-5-11-22)34-33(36)40-21-29-27-14-8-6-12-25(27)26-13-7-9-15-28(26)29/h3-8,10-14,16-17,19,29-30H,9,15,18,20-21H2,1-2H3,(H,34,36)/t29?,30-/m0/s1. The number of rotatable bonds is 10. The van der Waals surface area contributed by atoms with Gasteiger partial charge in [0.05, 0.1) is 14.2 Å². The van der Waals surface area contributed by atoms with Crippen LogP contribution in [0.5, 0.6) is 11.5 Å². The fourth-order valence-corrected chi connectivity index (χ4v) is 5.34. The fraction of sp³-hybridized carbons (Fsp3) is 0.273. The van der Waals surface area contributed by atoms with E-state index in [-0.39, 0.29) is 25.6 Å². The van der Waals surface area contributed by atoms with Crippen molar-refractivity contribution in [2.45, 2.75) is 37.8 Å². The first kappa shape index (κ1) is 27.1. The van der Waals surface area contributed by atoms with Crippen molar-refractivity contribution in [2.75, 3.05) is 20.8 Å². The number of ether oxygens (including phenoxy) is 4. The molecule has 0 saturated heterocycles. The van der Waals surface area contributed by atoms with E-state index in [1.165, 1.54) is 22.3 Å². The van der Waals surface area contributed by atoms with Crippen LogP contribution in [-0.2, 0) is 27.3 Å². The maximum atomic E-state index is 13.2. The number of hydrogen-bond acceptors (Lipinski definition) is 6. The molecule has 0 fully saturated rings. The predicted molar refractivity (Wildman–Crippen MR) is 152 cm³/mol. The van der Waals surface area contributed by atoms with Crippen molar-refractivity contribution in [3.05, 3.63) is 113 Å². The van der Waals surface area contributed by atoms with Crippen LogP contribution >= 0.6 is 0 Å². The van der Waals surface area contributed by atoms with Gasteiger partial charge < -0.3 is 24.3 Å². The summed E-state index contributed by atoms with van der Waals surface area (Å²) in [6.45, 7) is 0.184. The van der Waals surface area contributed by atoms with Gasteiger partial charge in [0.25, 0.3) is 0 Å². The molecular formula is C33H33NO6. The molecule has 206 valence electrons. The Labute approximate surface area is 234 Å². The molecule has 1 amide bonds. The first-order chi connectivity index (χ1) is 19.6. The number of hydrogen-bond donors (Lipinski definition) is 1. The molecule has 2 atom stereocenters. The van der Waals surface area contributed by atoms with Crippen molar-refractivity contribution in [3.8, 4) is 11.5 Å². The summed E-state index contributed by atoms with van der Waals surface area (Å²) in [6, 6.07) is 22.1. The molecule has 3 aromatic carbocycles. The fourth-order valence-electron chi connectivity index (χ4n) is 5.34. The number of carbonyl (C=O) groups is 2. The quantitative estimate of drug-likeness (QED) is 0.319. The lowest BCUT2D eigenvalue weighted by Gasteiger charge is -2.21. The van der Waals surface area contributed by atoms with E-state index in [1.54, 1.807) is 32.4 Å². The van der Waals surface area contributed by atoms with E-state index in [0.717, 1.165) is 18.4 Å². The monoisotopic (exact) mass is 539 g/mol. The predicted octanol–water partition coefficient (Wildman–Crippen LogP) is 5.99. The van der Waals surface area contributed by atoms with Gasteiger partial charge in [-0.1, -0.05) is 72.3 Å². The number of benzene rings is 3. The van der Waals surface area contributed by atoms with E-state index < -0.39 is 18.1 Å². The lowest BCUT2D eigenvalue weighted by Crippen LogP contribution is -2.44. The summed E-state index contributed by atoms with van der Waals surface area (Å²) < 4.78 is 22.0. The SMILES string of the molecule is COc1ccc(COC(=O)[C@H](Cc2ccccc2)NC(=O)OCC2C3=C(C=CCC3)c3ccccc32)c(OC)c1. The second-order valence-electron chi connectivity index (χ2n) is 9.79. The van der Waals surface area contributed by atoms with Crippen LogP contribution < -0.4 is 14.8 Å². The van der Waals surface area contributed by atoms with E-state index in [4.69, 9.17) is 18.9 Å².